The van der Waals surface area contributed by atoms with Gasteiger partial charge in [-0.05, 0) is 23.8 Å². The molecule has 3 nitrogen and oxygen atoms in total. The average Bonchev–Trinajstić information content (AvgIpc) is 3.03. The molecular formula is C18H16F4N2O. The van der Waals surface area contributed by atoms with Crippen molar-refractivity contribution in [3.63, 3.8) is 0 Å². The fraction of sp³-hybridized carbons (Fsp3) is 0.278. The van der Waals surface area contributed by atoms with Gasteiger partial charge in [0, 0.05) is 25.1 Å². The molecule has 0 aliphatic carbocycles. The zero-order valence-corrected chi connectivity index (χ0v) is 13.2. The third-order valence-corrected chi connectivity index (χ3v) is 3.85. The van der Waals surface area contributed by atoms with Gasteiger partial charge in [0.05, 0.1) is 11.3 Å². The van der Waals surface area contributed by atoms with E-state index in [2.05, 4.69) is 10.5 Å². The third kappa shape index (κ3) is 4.57. The summed E-state index contributed by atoms with van der Waals surface area (Å²) in [7, 11) is 0. The topological polar surface area (TPSA) is 33.6 Å². The van der Waals surface area contributed by atoms with Crippen LogP contribution in [0.5, 0.6) is 0 Å². The van der Waals surface area contributed by atoms with Crippen LogP contribution in [0.25, 0.3) is 0 Å². The van der Waals surface area contributed by atoms with E-state index >= 15 is 0 Å². The van der Waals surface area contributed by atoms with Gasteiger partial charge < -0.3 is 10.2 Å². The summed E-state index contributed by atoms with van der Waals surface area (Å²) in [5.41, 5.74) is 1.20. The lowest BCUT2D eigenvalue weighted by molar-refractivity contribution is -0.137. The average molecular weight is 352 g/mol. The van der Waals surface area contributed by atoms with Crippen LogP contribution in [0, 0.1) is 5.82 Å². The van der Waals surface area contributed by atoms with Crippen molar-refractivity contribution in [2.45, 2.75) is 25.2 Å². The fourth-order valence-electron chi connectivity index (χ4n) is 2.61. The molecule has 132 valence electrons. The van der Waals surface area contributed by atoms with Crippen molar-refractivity contribution in [3.8, 4) is 0 Å². The van der Waals surface area contributed by atoms with Crippen LogP contribution in [-0.4, -0.2) is 18.4 Å². The van der Waals surface area contributed by atoms with Gasteiger partial charge in [-0.15, -0.1) is 0 Å². The van der Waals surface area contributed by atoms with Crippen molar-refractivity contribution in [2.24, 2.45) is 5.16 Å². The number of oxime groups is 1. The van der Waals surface area contributed by atoms with Crippen LogP contribution in [0.1, 0.15) is 23.1 Å². The van der Waals surface area contributed by atoms with E-state index in [1.165, 1.54) is 18.2 Å². The molecule has 1 aliphatic rings. The second kappa shape index (κ2) is 7.23. The SMILES string of the molecule is Fc1cccc(C2=NO[C@@H](CNCc3cccc(C(F)(F)F)c3)C2)c1. The third-order valence-electron chi connectivity index (χ3n) is 3.85. The summed E-state index contributed by atoms with van der Waals surface area (Å²) in [6.45, 7) is 0.720. The minimum Gasteiger partial charge on any atom is -0.390 e. The Morgan fingerprint density at radius 1 is 1.12 bits per heavy atom. The maximum absolute atomic E-state index is 13.2. The molecule has 0 bridgehead atoms. The molecule has 1 atom stereocenters. The second-order valence-corrected chi connectivity index (χ2v) is 5.81. The fourth-order valence-corrected chi connectivity index (χ4v) is 2.61. The summed E-state index contributed by atoms with van der Waals surface area (Å²) in [4.78, 5) is 5.30. The molecule has 3 rings (SSSR count). The van der Waals surface area contributed by atoms with Crippen molar-refractivity contribution in [1.82, 2.24) is 5.32 Å². The number of hydrogen-bond donors (Lipinski definition) is 1. The number of alkyl halides is 3. The standard InChI is InChI=1S/C18H16F4N2O/c19-15-6-2-4-13(8-15)17-9-16(25-24-17)11-23-10-12-3-1-5-14(7-12)18(20,21)22/h1-8,16,23H,9-11H2/t16-/m1/s1. The number of nitrogens with zero attached hydrogens (tertiary/aromatic N) is 1. The van der Waals surface area contributed by atoms with Gasteiger partial charge in [-0.3, -0.25) is 0 Å². The smallest absolute Gasteiger partial charge is 0.390 e. The molecule has 0 radical (unpaired) electrons. The lowest BCUT2D eigenvalue weighted by Gasteiger charge is -2.11. The van der Waals surface area contributed by atoms with Crippen LogP contribution in [0.15, 0.2) is 53.7 Å². The van der Waals surface area contributed by atoms with Crippen molar-refractivity contribution in [1.29, 1.82) is 0 Å². The van der Waals surface area contributed by atoms with E-state index in [1.54, 1.807) is 18.2 Å². The first kappa shape index (κ1) is 17.4. The maximum atomic E-state index is 13.2. The van der Waals surface area contributed by atoms with E-state index in [-0.39, 0.29) is 11.9 Å². The molecule has 1 heterocycles. The molecule has 0 saturated carbocycles. The summed E-state index contributed by atoms with van der Waals surface area (Å²) >= 11 is 0. The Balaban J connectivity index is 1.50. The number of hydrogen-bond acceptors (Lipinski definition) is 3. The Bertz CT molecular complexity index is 774. The summed E-state index contributed by atoms with van der Waals surface area (Å²) in [6.07, 6.45) is -4.07. The molecule has 0 amide bonds. The highest BCUT2D eigenvalue weighted by Crippen LogP contribution is 2.29. The normalized spacial score (nSPS) is 17.3. The van der Waals surface area contributed by atoms with Crippen LogP contribution < -0.4 is 5.32 Å². The van der Waals surface area contributed by atoms with Crippen LogP contribution in [0.2, 0.25) is 0 Å². The van der Waals surface area contributed by atoms with Gasteiger partial charge in [0.15, 0.2) is 0 Å². The number of rotatable bonds is 5. The second-order valence-electron chi connectivity index (χ2n) is 5.81. The Labute approximate surface area is 142 Å². The first-order chi connectivity index (χ1) is 11.9. The summed E-state index contributed by atoms with van der Waals surface area (Å²) < 4.78 is 51.3. The molecular weight excluding hydrogens is 336 g/mol. The molecule has 0 saturated heterocycles. The number of halogens is 4. The molecule has 0 unspecified atom stereocenters. The lowest BCUT2D eigenvalue weighted by atomic mass is 10.0. The van der Waals surface area contributed by atoms with E-state index in [9.17, 15) is 17.6 Å². The Hall–Kier alpha value is -2.41. The van der Waals surface area contributed by atoms with Crippen molar-refractivity contribution in [3.05, 3.63) is 71.0 Å². The zero-order valence-electron chi connectivity index (χ0n) is 13.2. The first-order valence-corrected chi connectivity index (χ1v) is 7.77. The Morgan fingerprint density at radius 3 is 2.68 bits per heavy atom. The van der Waals surface area contributed by atoms with Crippen LogP contribution in [0.4, 0.5) is 17.6 Å². The van der Waals surface area contributed by atoms with Crippen molar-refractivity contribution < 1.29 is 22.4 Å². The summed E-state index contributed by atoms with van der Waals surface area (Å²) in [5.74, 6) is -0.341. The van der Waals surface area contributed by atoms with E-state index in [1.807, 2.05) is 0 Å². The van der Waals surface area contributed by atoms with Crippen LogP contribution in [-0.2, 0) is 17.6 Å². The zero-order chi connectivity index (χ0) is 17.9. The van der Waals surface area contributed by atoms with Crippen LogP contribution in [0.3, 0.4) is 0 Å². The van der Waals surface area contributed by atoms with E-state index < -0.39 is 11.7 Å². The van der Waals surface area contributed by atoms with E-state index in [0.717, 1.165) is 12.1 Å². The van der Waals surface area contributed by atoms with Gasteiger partial charge in [0.25, 0.3) is 0 Å². The van der Waals surface area contributed by atoms with Gasteiger partial charge in [-0.1, -0.05) is 35.5 Å². The van der Waals surface area contributed by atoms with Gasteiger partial charge in [0.2, 0.25) is 0 Å². The molecule has 0 aromatic heterocycles. The molecule has 0 spiro atoms. The largest absolute Gasteiger partial charge is 0.416 e. The monoisotopic (exact) mass is 352 g/mol. The Kier molecular flexibility index (Phi) is 5.03. The Morgan fingerprint density at radius 2 is 1.92 bits per heavy atom. The van der Waals surface area contributed by atoms with Gasteiger partial charge in [-0.25, -0.2) is 4.39 Å². The quantitative estimate of drug-likeness (QED) is 0.821. The highest BCUT2D eigenvalue weighted by Gasteiger charge is 2.30. The lowest BCUT2D eigenvalue weighted by Crippen LogP contribution is -2.26. The molecule has 25 heavy (non-hydrogen) atoms. The molecule has 2 aromatic rings. The van der Waals surface area contributed by atoms with Crippen LogP contribution >= 0.6 is 0 Å². The number of benzene rings is 2. The molecule has 1 aliphatic heterocycles. The van der Waals surface area contributed by atoms with Gasteiger partial charge in [0.1, 0.15) is 11.9 Å². The van der Waals surface area contributed by atoms with Crippen molar-refractivity contribution >= 4 is 5.71 Å². The summed E-state index contributed by atoms with van der Waals surface area (Å²) in [6, 6.07) is 11.3. The molecule has 2 aromatic carbocycles. The summed E-state index contributed by atoms with van der Waals surface area (Å²) in [5, 5.41) is 7.03. The molecule has 0 fully saturated rings. The minimum absolute atomic E-state index is 0.232. The molecule has 7 heteroatoms. The van der Waals surface area contributed by atoms with Gasteiger partial charge >= 0.3 is 6.18 Å². The van der Waals surface area contributed by atoms with E-state index in [4.69, 9.17) is 4.84 Å². The molecule has 1 N–H and O–H groups in total. The number of nitrogens with one attached hydrogen (secondary N) is 1. The van der Waals surface area contributed by atoms with Gasteiger partial charge in [-0.2, -0.15) is 13.2 Å². The predicted molar refractivity (Wildman–Crippen MR) is 85.6 cm³/mol. The highest BCUT2D eigenvalue weighted by molar-refractivity contribution is 6.01. The minimum atomic E-state index is -4.35. The maximum Gasteiger partial charge on any atom is 0.416 e. The first-order valence-electron chi connectivity index (χ1n) is 7.77. The highest BCUT2D eigenvalue weighted by atomic mass is 19.4. The predicted octanol–water partition coefficient (Wildman–Crippen LogP) is 4.13. The van der Waals surface area contributed by atoms with Crippen molar-refractivity contribution in [2.75, 3.05) is 6.54 Å². The van der Waals surface area contributed by atoms with E-state index in [0.29, 0.717) is 36.3 Å².